The standard InChI is InChI=1S/C82H157N2O6P/c1-6-8-10-12-14-16-18-20-22-24-26-28-30-32-34-36-37-38-39-40-41-42-43-44-45-46-47-48-50-52-54-56-58-60-62-64-66-68-70-72-74-76-82(86)83-80(79-90-91(87,88)89-78-77-84(3,4)5)81(85)75-73-71-69-67-65-63-61-59-57-55-53-51-49-35-33-31-29-27-25-23-21-19-17-15-13-11-9-7-2/h8,10,14,16,20,22,26,28,32,34,80-81,85H,6-7,9,11-13,15,17-19,21,23-25,27,29-31,33,35-79H2,1-5H3,(H-,83,86,87,88)/p+1/b10-8-,16-14-,22-20-,28-26-,34-32-. The van der Waals surface area contributed by atoms with Gasteiger partial charge < -0.3 is 19.8 Å². The van der Waals surface area contributed by atoms with Gasteiger partial charge in [0.15, 0.2) is 0 Å². The molecule has 0 aliphatic carbocycles. The molecule has 536 valence electrons. The molecule has 0 fully saturated rings. The Morgan fingerprint density at radius 2 is 0.659 bits per heavy atom. The summed E-state index contributed by atoms with van der Waals surface area (Å²) in [7, 11) is 1.64. The van der Waals surface area contributed by atoms with Crippen molar-refractivity contribution >= 4 is 13.7 Å². The number of nitrogens with one attached hydrogen (secondary N) is 1. The molecule has 9 heteroatoms. The summed E-state index contributed by atoms with van der Waals surface area (Å²) in [4.78, 5) is 23.5. The summed E-state index contributed by atoms with van der Waals surface area (Å²) in [6, 6.07) is -0.762. The van der Waals surface area contributed by atoms with E-state index in [0.29, 0.717) is 23.9 Å². The summed E-state index contributed by atoms with van der Waals surface area (Å²) < 4.78 is 24.0. The zero-order valence-corrected chi connectivity index (χ0v) is 62.5. The molecule has 0 heterocycles. The summed E-state index contributed by atoms with van der Waals surface area (Å²) >= 11 is 0. The van der Waals surface area contributed by atoms with Gasteiger partial charge in [-0.05, 0) is 57.8 Å². The van der Waals surface area contributed by atoms with Gasteiger partial charge in [0.1, 0.15) is 13.2 Å². The highest BCUT2D eigenvalue weighted by atomic mass is 31.2. The van der Waals surface area contributed by atoms with E-state index in [-0.39, 0.29) is 19.1 Å². The molecule has 0 bridgehead atoms. The Bertz CT molecular complexity index is 1670. The lowest BCUT2D eigenvalue weighted by atomic mass is 10.0. The molecule has 0 aliphatic heterocycles. The van der Waals surface area contributed by atoms with Gasteiger partial charge in [0.05, 0.1) is 39.9 Å². The quantitative estimate of drug-likeness (QED) is 0.0243. The van der Waals surface area contributed by atoms with E-state index in [1.165, 1.54) is 308 Å². The summed E-state index contributed by atoms with van der Waals surface area (Å²) in [6.07, 6.45) is 101. The third kappa shape index (κ3) is 75.4. The van der Waals surface area contributed by atoms with E-state index in [9.17, 15) is 19.4 Å². The SMILES string of the molecule is CC/C=C\C/C=C\C/C=C\C/C=C\C/C=C\CCCCCCCCCCCCCCCCCCCCCCCCCCCC(=O)NC(COP(=O)(O)OCC[N+](C)(C)C)C(O)CCCCCCCCCCCCCCCCCCCCCCCCCCCCCC. The summed E-state index contributed by atoms with van der Waals surface area (Å²) in [6.45, 7) is 4.84. The number of rotatable bonds is 75. The van der Waals surface area contributed by atoms with E-state index < -0.39 is 20.0 Å². The lowest BCUT2D eigenvalue weighted by Crippen LogP contribution is -2.46. The molecule has 0 saturated carbocycles. The van der Waals surface area contributed by atoms with Crippen LogP contribution in [0.4, 0.5) is 0 Å². The van der Waals surface area contributed by atoms with E-state index in [4.69, 9.17) is 9.05 Å². The first kappa shape index (κ1) is 89.2. The van der Waals surface area contributed by atoms with Crippen LogP contribution in [0.3, 0.4) is 0 Å². The average molecular weight is 1300 g/mol. The molecular formula is C82H158N2O6P+. The highest BCUT2D eigenvalue weighted by Gasteiger charge is 2.28. The normalized spacial score (nSPS) is 13.8. The van der Waals surface area contributed by atoms with Crippen molar-refractivity contribution in [2.45, 2.75) is 418 Å². The third-order valence-electron chi connectivity index (χ3n) is 18.5. The van der Waals surface area contributed by atoms with Crippen molar-refractivity contribution in [3.8, 4) is 0 Å². The maximum atomic E-state index is 13.1. The Morgan fingerprint density at radius 3 is 0.967 bits per heavy atom. The molecule has 8 nitrogen and oxygen atoms in total. The van der Waals surface area contributed by atoms with Crippen molar-refractivity contribution in [3.05, 3.63) is 60.8 Å². The monoisotopic (exact) mass is 1300 g/mol. The number of allylic oxidation sites excluding steroid dienone is 10. The Balaban J connectivity index is 3.89. The molecule has 3 atom stereocenters. The van der Waals surface area contributed by atoms with Crippen LogP contribution in [0.25, 0.3) is 0 Å². The van der Waals surface area contributed by atoms with Crippen molar-refractivity contribution in [1.82, 2.24) is 5.32 Å². The number of amides is 1. The number of aliphatic hydroxyl groups excluding tert-OH is 1. The molecule has 1 amide bonds. The molecular weight excluding hydrogens is 1140 g/mol. The molecule has 0 aromatic heterocycles. The highest BCUT2D eigenvalue weighted by Crippen LogP contribution is 2.43. The van der Waals surface area contributed by atoms with Gasteiger partial charge in [0, 0.05) is 6.42 Å². The summed E-state index contributed by atoms with van der Waals surface area (Å²) in [5.41, 5.74) is 0. The second-order valence-electron chi connectivity index (χ2n) is 28.8. The molecule has 0 saturated heterocycles. The molecule has 0 aliphatic rings. The summed E-state index contributed by atoms with van der Waals surface area (Å²) in [5.74, 6) is -0.135. The van der Waals surface area contributed by atoms with Crippen LogP contribution in [-0.4, -0.2) is 73.4 Å². The molecule has 0 rings (SSSR count). The van der Waals surface area contributed by atoms with E-state index in [0.717, 1.165) is 70.6 Å². The lowest BCUT2D eigenvalue weighted by Gasteiger charge is -2.26. The average Bonchev–Trinajstić information content (AvgIpc) is 3.59. The number of unbranched alkanes of at least 4 members (excludes halogenated alkanes) is 52. The van der Waals surface area contributed by atoms with E-state index >= 15 is 0 Å². The molecule has 0 aromatic carbocycles. The summed E-state index contributed by atoms with van der Waals surface area (Å²) in [5, 5.41) is 14.2. The van der Waals surface area contributed by atoms with Gasteiger partial charge in [-0.3, -0.25) is 13.8 Å². The molecule has 91 heavy (non-hydrogen) atoms. The molecule has 3 unspecified atom stereocenters. The number of nitrogens with zero attached hydrogens (tertiary/aromatic N) is 1. The number of phosphoric acid groups is 1. The second-order valence-corrected chi connectivity index (χ2v) is 30.2. The fourth-order valence-corrected chi connectivity index (χ4v) is 13.1. The van der Waals surface area contributed by atoms with E-state index in [1.807, 2.05) is 21.1 Å². The Kier molecular flexibility index (Phi) is 71.0. The van der Waals surface area contributed by atoms with Crippen molar-refractivity contribution < 1.29 is 32.9 Å². The van der Waals surface area contributed by atoms with Crippen LogP contribution in [-0.2, 0) is 18.4 Å². The third-order valence-corrected chi connectivity index (χ3v) is 19.5. The number of carbonyl (C=O) groups excluding carboxylic acids is 1. The number of hydrogen-bond donors (Lipinski definition) is 3. The number of phosphoric ester groups is 1. The van der Waals surface area contributed by atoms with Crippen LogP contribution in [0, 0.1) is 0 Å². The van der Waals surface area contributed by atoms with Crippen LogP contribution >= 0.6 is 7.82 Å². The topological polar surface area (TPSA) is 105 Å². The van der Waals surface area contributed by atoms with Crippen LogP contribution in [0.2, 0.25) is 0 Å². The van der Waals surface area contributed by atoms with Gasteiger partial charge in [0.25, 0.3) is 0 Å². The van der Waals surface area contributed by atoms with Gasteiger partial charge >= 0.3 is 7.82 Å². The fourth-order valence-electron chi connectivity index (χ4n) is 12.4. The highest BCUT2D eigenvalue weighted by molar-refractivity contribution is 7.47. The van der Waals surface area contributed by atoms with Crippen molar-refractivity contribution in [1.29, 1.82) is 0 Å². The van der Waals surface area contributed by atoms with Gasteiger partial charge in [-0.25, -0.2) is 4.57 Å². The Morgan fingerprint density at radius 1 is 0.385 bits per heavy atom. The minimum absolute atomic E-state index is 0.0768. The lowest BCUT2D eigenvalue weighted by molar-refractivity contribution is -0.870. The van der Waals surface area contributed by atoms with Crippen LogP contribution in [0.1, 0.15) is 406 Å². The smallest absolute Gasteiger partial charge is 0.391 e. The number of aliphatic hydroxyl groups is 1. The van der Waals surface area contributed by atoms with E-state index in [2.05, 4.69) is 79.9 Å². The van der Waals surface area contributed by atoms with Crippen molar-refractivity contribution in [2.75, 3.05) is 40.9 Å². The maximum Gasteiger partial charge on any atom is 0.472 e. The predicted molar refractivity (Wildman–Crippen MR) is 401 cm³/mol. The first-order valence-corrected chi connectivity index (χ1v) is 41.6. The van der Waals surface area contributed by atoms with Gasteiger partial charge in [-0.15, -0.1) is 0 Å². The predicted octanol–water partition coefficient (Wildman–Crippen LogP) is 26.3. The zero-order valence-electron chi connectivity index (χ0n) is 61.6. The number of carbonyl (C=O) groups is 1. The largest absolute Gasteiger partial charge is 0.472 e. The first-order valence-electron chi connectivity index (χ1n) is 40.2. The molecule has 0 radical (unpaired) electrons. The van der Waals surface area contributed by atoms with Gasteiger partial charge in [-0.2, -0.15) is 0 Å². The van der Waals surface area contributed by atoms with Gasteiger partial charge in [-0.1, -0.05) is 402 Å². The number of quaternary nitrogens is 1. The number of hydrogen-bond acceptors (Lipinski definition) is 5. The Hall–Kier alpha value is -1.80. The fraction of sp³-hybridized carbons (Fsp3) is 0.866. The zero-order chi connectivity index (χ0) is 66.2. The van der Waals surface area contributed by atoms with Crippen molar-refractivity contribution in [2.24, 2.45) is 0 Å². The second kappa shape index (κ2) is 72.5. The van der Waals surface area contributed by atoms with Gasteiger partial charge in [0.2, 0.25) is 5.91 Å². The first-order chi connectivity index (χ1) is 44.5. The van der Waals surface area contributed by atoms with Crippen LogP contribution in [0.5, 0.6) is 0 Å². The van der Waals surface area contributed by atoms with E-state index in [1.54, 1.807) is 0 Å². The Labute approximate surface area is 568 Å². The number of likely N-dealkylation sites (N-methyl/N-ethyl adjacent to an activating group) is 1. The van der Waals surface area contributed by atoms with Crippen molar-refractivity contribution in [3.63, 3.8) is 0 Å². The molecule has 0 spiro atoms. The molecule has 3 N–H and O–H groups in total. The maximum absolute atomic E-state index is 13.1. The minimum Gasteiger partial charge on any atom is -0.391 e. The van der Waals surface area contributed by atoms with Crippen LogP contribution in [0.15, 0.2) is 60.8 Å². The van der Waals surface area contributed by atoms with Crippen LogP contribution < -0.4 is 5.32 Å². The molecule has 0 aromatic rings. The minimum atomic E-state index is -4.33.